The molecule has 0 atom stereocenters. The Morgan fingerprint density at radius 1 is 1.28 bits per heavy atom. The van der Waals surface area contributed by atoms with Gasteiger partial charge in [0.1, 0.15) is 12.2 Å². The molecule has 18 heavy (non-hydrogen) atoms. The van der Waals surface area contributed by atoms with Crippen LogP contribution in [0, 0.1) is 6.92 Å². The number of quaternary nitrogens is 1. The van der Waals surface area contributed by atoms with Crippen LogP contribution in [0.3, 0.4) is 0 Å². The maximum Gasteiger partial charge on any atom is 0.352 e. The van der Waals surface area contributed by atoms with Crippen LogP contribution in [0.1, 0.15) is 48.1 Å². The smallest absolute Gasteiger partial charge is 0.352 e. The molecular formula is C14H25N2O2+. The van der Waals surface area contributed by atoms with Gasteiger partial charge in [-0.1, -0.05) is 6.92 Å². The van der Waals surface area contributed by atoms with E-state index >= 15 is 0 Å². The third-order valence-electron chi connectivity index (χ3n) is 4.10. The molecular weight excluding hydrogens is 228 g/mol. The highest BCUT2D eigenvalue weighted by atomic mass is 16.4. The molecule has 0 radical (unpaired) electrons. The fraction of sp³-hybridized carbons (Fsp3) is 0.643. The molecule has 1 aromatic heterocycles. The van der Waals surface area contributed by atoms with Crippen molar-refractivity contribution in [3.63, 3.8) is 0 Å². The second kappa shape index (κ2) is 5.57. The first-order valence-electron chi connectivity index (χ1n) is 6.65. The summed E-state index contributed by atoms with van der Waals surface area (Å²) in [6.45, 7) is 11.3. The third-order valence-corrected chi connectivity index (χ3v) is 4.10. The van der Waals surface area contributed by atoms with Gasteiger partial charge in [-0.2, -0.15) is 0 Å². The number of carbonyl (C=O) groups is 1. The van der Waals surface area contributed by atoms with Crippen LogP contribution in [0.25, 0.3) is 0 Å². The van der Waals surface area contributed by atoms with Crippen LogP contribution >= 0.6 is 0 Å². The van der Waals surface area contributed by atoms with Crippen LogP contribution in [0.4, 0.5) is 0 Å². The summed E-state index contributed by atoms with van der Waals surface area (Å²) in [5.41, 5.74) is 3.48. The zero-order valence-electron chi connectivity index (χ0n) is 12.1. The van der Waals surface area contributed by atoms with Gasteiger partial charge < -0.3 is 14.6 Å². The fourth-order valence-electron chi connectivity index (χ4n) is 2.35. The van der Waals surface area contributed by atoms with Gasteiger partial charge in [0.2, 0.25) is 0 Å². The summed E-state index contributed by atoms with van der Waals surface area (Å²) >= 11 is 0. The lowest BCUT2D eigenvalue weighted by Gasteiger charge is -2.32. The lowest BCUT2D eigenvalue weighted by Crippen LogP contribution is -2.42. The first-order valence-corrected chi connectivity index (χ1v) is 6.65. The van der Waals surface area contributed by atoms with Gasteiger partial charge in [-0.15, -0.1) is 0 Å². The van der Waals surface area contributed by atoms with Crippen molar-refractivity contribution >= 4 is 5.97 Å². The third kappa shape index (κ3) is 2.75. The van der Waals surface area contributed by atoms with Crippen molar-refractivity contribution in [3.8, 4) is 0 Å². The van der Waals surface area contributed by atoms with Crippen molar-refractivity contribution in [3.05, 3.63) is 22.5 Å². The van der Waals surface area contributed by atoms with E-state index in [0.29, 0.717) is 5.69 Å². The summed E-state index contributed by atoms with van der Waals surface area (Å²) in [7, 11) is 2.20. The average Bonchev–Trinajstić information content (AvgIpc) is 2.65. The molecule has 1 rings (SSSR count). The Kier molecular flexibility index (Phi) is 4.57. The van der Waals surface area contributed by atoms with E-state index in [1.807, 2.05) is 6.92 Å². The number of nitrogens with one attached hydrogen (secondary N) is 1. The van der Waals surface area contributed by atoms with Crippen molar-refractivity contribution in [1.82, 2.24) is 4.98 Å². The number of H-pyrrole nitrogens is 1. The van der Waals surface area contributed by atoms with Crippen molar-refractivity contribution in [2.75, 3.05) is 20.1 Å². The van der Waals surface area contributed by atoms with Crippen LogP contribution in [0.2, 0.25) is 0 Å². The Morgan fingerprint density at radius 2 is 1.83 bits per heavy atom. The molecule has 2 N–H and O–H groups in total. The molecule has 0 fully saturated rings. The first-order chi connectivity index (χ1) is 8.38. The Hall–Kier alpha value is -1.29. The van der Waals surface area contributed by atoms with E-state index in [2.05, 4.69) is 32.8 Å². The summed E-state index contributed by atoms with van der Waals surface area (Å²) in [5, 5.41) is 9.18. The number of aromatic amines is 1. The van der Waals surface area contributed by atoms with Gasteiger partial charge in [-0.25, -0.2) is 4.79 Å². The topological polar surface area (TPSA) is 53.1 Å². The van der Waals surface area contributed by atoms with Crippen LogP contribution in [0.5, 0.6) is 0 Å². The molecule has 0 aliphatic carbocycles. The minimum Gasteiger partial charge on any atom is -0.477 e. The van der Waals surface area contributed by atoms with Gasteiger partial charge in [0.15, 0.2) is 0 Å². The van der Waals surface area contributed by atoms with Gasteiger partial charge in [0.25, 0.3) is 0 Å². The standard InChI is InChI=1S/C14H24N2O2/c1-6-11-10(4)13(14(17)18)15-12(11)9-16(5,7-2)8-3/h15H,6-9H2,1-5H3/p+1. The molecule has 102 valence electrons. The second-order valence-electron chi connectivity index (χ2n) is 5.15. The minimum absolute atomic E-state index is 0.348. The molecule has 0 amide bonds. The lowest BCUT2D eigenvalue weighted by molar-refractivity contribution is -0.919. The predicted octanol–water partition coefficient (Wildman–Crippen LogP) is 2.57. The van der Waals surface area contributed by atoms with Crippen molar-refractivity contribution in [2.24, 2.45) is 0 Å². The number of carboxylic acid groups (broad SMARTS) is 1. The zero-order chi connectivity index (χ0) is 13.9. The van der Waals surface area contributed by atoms with Gasteiger partial charge in [0.05, 0.1) is 25.8 Å². The highest BCUT2D eigenvalue weighted by molar-refractivity contribution is 5.88. The highest BCUT2D eigenvalue weighted by Crippen LogP contribution is 2.22. The van der Waals surface area contributed by atoms with E-state index in [9.17, 15) is 9.90 Å². The van der Waals surface area contributed by atoms with Crippen LogP contribution in [-0.4, -0.2) is 40.7 Å². The molecule has 0 saturated carbocycles. The molecule has 0 aromatic carbocycles. The maximum absolute atomic E-state index is 11.2. The SMILES string of the molecule is CCc1c(C[N+](C)(CC)CC)[nH]c(C(=O)O)c1C. The summed E-state index contributed by atoms with van der Waals surface area (Å²) in [6.07, 6.45) is 0.873. The van der Waals surface area contributed by atoms with Gasteiger partial charge >= 0.3 is 5.97 Å². The molecule has 1 heterocycles. The Balaban J connectivity index is 3.17. The average molecular weight is 253 g/mol. The first kappa shape index (κ1) is 14.8. The molecule has 0 aliphatic heterocycles. The van der Waals surface area contributed by atoms with E-state index in [1.54, 1.807) is 0 Å². The lowest BCUT2D eigenvalue weighted by atomic mass is 10.1. The number of nitrogens with zero attached hydrogens (tertiary/aromatic N) is 1. The molecule has 0 spiro atoms. The summed E-state index contributed by atoms with van der Waals surface area (Å²) in [6, 6.07) is 0. The number of aromatic carboxylic acids is 1. The Bertz CT molecular complexity index is 431. The van der Waals surface area contributed by atoms with Gasteiger partial charge in [-0.05, 0) is 38.3 Å². The maximum atomic E-state index is 11.2. The molecule has 1 aromatic rings. The van der Waals surface area contributed by atoms with Crippen LogP contribution in [-0.2, 0) is 13.0 Å². The molecule has 0 bridgehead atoms. The van der Waals surface area contributed by atoms with E-state index in [-0.39, 0.29) is 0 Å². The number of rotatable bonds is 6. The zero-order valence-corrected chi connectivity index (χ0v) is 12.1. The molecule has 0 saturated heterocycles. The van der Waals surface area contributed by atoms with Crippen molar-refractivity contribution in [1.29, 1.82) is 0 Å². The van der Waals surface area contributed by atoms with Gasteiger partial charge in [-0.3, -0.25) is 0 Å². The summed E-state index contributed by atoms with van der Waals surface area (Å²) < 4.78 is 0.923. The normalized spacial score (nSPS) is 11.8. The number of hydrogen-bond acceptors (Lipinski definition) is 1. The predicted molar refractivity (Wildman–Crippen MR) is 72.8 cm³/mol. The van der Waals surface area contributed by atoms with Gasteiger partial charge in [0, 0.05) is 0 Å². The molecule has 0 aliphatic rings. The van der Waals surface area contributed by atoms with Crippen molar-refractivity contribution < 1.29 is 14.4 Å². The quantitative estimate of drug-likeness (QED) is 0.766. The van der Waals surface area contributed by atoms with E-state index in [4.69, 9.17) is 0 Å². The molecule has 4 heteroatoms. The van der Waals surface area contributed by atoms with E-state index in [0.717, 1.165) is 41.8 Å². The fourth-order valence-corrected chi connectivity index (χ4v) is 2.35. The number of aromatic nitrogens is 1. The summed E-state index contributed by atoms with van der Waals surface area (Å²) in [4.78, 5) is 14.3. The molecule has 0 unspecified atom stereocenters. The highest BCUT2D eigenvalue weighted by Gasteiger charge is 2.24. The number of carboxylic acids is 1. The summed E-state index contributed by atoms with van der Waals surface area (Å²) in [5.74, 6) is -0.865. The largest absolute Gasteiger partial charge is 0.477 e. The number of hydrogen-bond donors (Lipinski definition) is 2. The van der Waals surface area contributed by atoms with E-state index in [1.165, 1.54) is 5.56 Å². The van der Waals surface area contributed by atoms with E-state index < -0.39 is 5.97 Å². The van der Waals surface area contributed by atoms with Crippen molar-refractivity contribution in [2.45, 2.75) is 40.7 Å². The Morgan fingerprint density at radius 3 is 2.22 bits per heavy atom. The van der Waals surface area contributed by atoms with Crippen LogP contribution in [0.15, 0.2) is 0 Å². The Labute approximate surface area is 109 Å². The monoisotopic (exact) mass is 253 g/mol. The molecule has 4 nitrogen and oxygen atoms in total. The second-order valence-corrected chi connectivity index (χ2v) is 5.15. The minimum atomic E-state index is -0.865. The van der Waals surface area contributed by atoms with Crippen LogP contribution < -0.4 is 0 Å².